The van der Waals surface area contributed by atoms with Gasteiger partial charge < -0.3 is 9.47 Å². The summed E-state index contributed by atoms with van der Waals surface area (Å²) < 4.78 is 10.7. The summed E-state index contributed by atoms with van der Waals surface area (Å²) >= 11 is 0. The second kappa shape index (κ2) is 15.2. The summed E-state index contributed by atoms with van der Waals surface area (Å²) in [5.74, 6) is -0.164. The van der Waals surface area contributed by atoms with Crippen molar-refractivity contribution >= 4 is 11.9 Å². The Hall–Kier alpha value is -2.62. The van der Waals surface area contributed by atoms with E-state index >= 15 is 0 Å². The Balaban J connectivity index is 1.57. The van der Waals surface area contributed by atoms with E-state index in [9.17, 15) is 9.59 Å². The van der Waals surface area contributed by atoms with Crippen LogP contribution in [0.5, 0.6) is 5.75 Å². The zero-order chi connectivity index (χ0) is 22.2. The van der Waals surface area contributed by atoms with Crippen molar-refractivity contribution < 1.29 is 19.1 Å². The Morgan fingerprint density at radius 2 is 1.29 bits per heavy atom. The van der Waals surface area contributed by atoms with Crippen LogP contribution < -0.4 is 4.74 Å². The Kier molecular flexibility index (Phi) is 12.1. The lowest BCUT2D eigenvalue weighted by molar-refractivity contribution is -0.134. The van der Waals surface area contributed by atoms with Crippen molar-refractivity contribution in [3.63, 3.8) is 0 Å². The van der Waals surface area contributed by atoms with E-state index in [0.717, 1.165) is 18.4 Å². The molecule has 0 aliphatic heterocycles. The van der Waals surface area contributed by atoms with Crippen molar-refractivity contribution in [1.29, 1.82) is 0 Å². The molecule has 0 aromatic heterocycles. The molecule has 0 unspecified atom stereocenters. The van der Waals surface area contributed by atoms with Gasteiger partial charge in [0.1, 0.15) is 12.4 Å². The van der Waals surface area contributed by atoms with Gasteiger partial charge in [-0.05, 0) is 36.2 Å². The number of ether oxygens (including phenoxy) is 2. The fourth-order valence-corrected chi connectivity index (χ4v) is 3.40. The topological polar surface area (TPSA) is 52.6 Å². The highest BCUT2D eigenvalue weighted by Gasteiger charge is 2.09. The number of hydrogen-bond acceptors (Lipinski definition) is 4. The molecule has 0 saturated carbocycles. The van der Waals surface area contributed by atoms with Crippen LogP contribution in [0.1, 0.15) is 93.5 Å². The number of unbranched alkanes of at least 4 members (excludes halogenated alkanes) is 9. The summed E-state index contributed by atoms with van der Waals surface area (Å²) in [4.78, 5) is 24.1. The standard InChI is InChI=1S/C27H36O4/c1-2-3-4-5-6-7-8-9-10-14-17-26(28)31-25-20-18-24(19-21-25)27(29)30-22-23-15-12-11-13-16-23/h11-13,15-16,18-21H,2-10,14,17,22H2,1H3. The van der Waals surface area contributed by atoms with Gasteiger partial charge in [-0.1, -0.05) is 95.0 Å². The molecule has 0 heterocycles. The molecule has 31 heavy (non-hydrogen) atoms. The number of hydrogen-bond donors (Lipinski definition) is 0. The molecule has 0 spiro atoms. The van der Waals surface area contributed by atoms with Crippen LogP contribution in [-0.2, 0) is 16.1 Å². The number of carbonyl (C=O) groups excluding carboxylic acids is 2. The molecule has 4 heteroatoms. The van der Waals surface area contributed by atoms with Crippen molar-refractivity contribution in [1.82, 2.24) is 0 Å². The van der Waals surface area contributed by atoms with Crippen molar-refractivity contribution in [2.75, 3.05) is 0 Å². The maximum absolute atomic E-state index is 12.1. The third-order valence-electron chi connectivity index (χ3n) is 5.27. The molecule has 0 saturated heterocycles. The first-order valence-electron chi connectivity index (χ1n) is 11.7. The number of rotatable bonds is 15. The highest BCUT2D eigenvalue weighted by Crippen LogP contribution is 2.16. The van der Waals surface area contributed by atoms with E-state index < -0.39 is 5.97 Å². The van der Waals surface area contributed by atoms with E-state index in [0.29, 0.717) is 17.7 Å². The first-order chi connectivity index (χ1) is 15.2. The van der Waals surface area contributed by atoms with Crippen molar-refractivity contribution in [2.24, 2.45) is 0 Å². The lowest BCUT2D eigenvalue weighted by Crippen LogP contribution is -2.08. The van der Waals surface area contributed by atoms with Crippen LogP contribution in [0.15, 0.2) is 54.6 Å². The summed E-state index contributed by atoms with van der Waals surface area (Å²) in [5.41, 5.74) is 1.37. The molecule has 0 amide bonds. The predicted molar refractivity (Wildman–Crippen MR) is 124 cm³/mol. The predicted octanol–water partition coefficient (Wildman–Crippen LogP) is 7.26. The first-order valence-corrected chi connectivity index (χ1v) is 11.7. The van der Waals surface area contributed by atoms with Crippen molar-refractivity contribution in [2.45, 2.75) is 84.2 Å². The molecule has 0 radical (unpaired) electrons. The molecule has 0 aliphatic rings. The van der Waals surface area contributed by atoms with E-state index in [2.05, 4.69) is 6.92 Å². The average molecular weight is 425 g/mol. The fourth-order valence-electron chi connectivity index (χ4n) is 3.40. The molecule has 4 nitrogen and oxygen atoms in total. The van der Waals surface area contributed by atoms with Gasteiger partial charge in [-0.2, -0.15) is 0 Å². The third kappa shape index (κ3) is 10.8. The third-order valence-corrected chi connectivity index (χ3v) is 5.27. The molecule has 0 fully saturated rings. The minimum Gasteiger partial charge on any atom is -0.457 e. The van der Waals surface area contributed by atoms with Gasteiger partial charge in [-0.25, -0.2) is 4.79 Å². The van der Waals surface area contributed by atoms with Gasteiger partial charge in [0.25, 0.3) is 0 Å². The van der Waals surface area contributed by atoms with E-state index in [1.807, 2.05) is 30.3 Å². The Bertz CT molecular complexity index is 753. The van der Waals surface area contributed by atoms with Gasteiger partial charge in [0.15, 0.2) is 0 Å². The molecule has 2 aromatic carbocycles. The van der Waals surface area contributed by atoms with E-state index in [1.165, 1.54) is 51.4 Å². The summed E-state index contributed by atoms with van der Waals surface area (Å²) in [6.45, 7) is 2.47. The molecule has 2 aromatic rings. The Morgan fingerprint density at radius 1 is 0.710 bits per heavy atom. The van der Waals surface area contributed by atoms with Crippen LogP contribution >= 0.6 is 0 Å². The fraction of sp³-hybridized carbons (Fsp3) is 0.481. The van der Waals surface area contributed by atoms with Gasteiger partial charge in [0.05, 0.1) is 5.56 Å². The van der Waals surface area contributed by atoms with Crippen molar-refractivity contribution in [3.05, 3.63) is 65.7 Å². The number of benzene rings is 2. The Morgan fingerprint density at radius 3 is 1.90 bits per heavy atom. The van der Waals surface area contributed by atoms with Crippen LogP contribution in [0.25, 0.3) is 0 Å². The molecule has 0 atom stereocenters. The van der Waals surface area contributed by atoms with E-state index in [-0.39, 0.29) is 12.6 Å². The van der Waals surface area contributed by atoms with Crippen LogP contribution in [0, 0.1) is 0 Å². The van der Waals surface area contributed by atoms with Crippen molar-refractivity contribution in [3.8, 4) is 5.75 Å². The SMILES string of the molecule is CCCCCCCCCCCCC(=O)Oc1ccc(C(=O)OCc2ccccc2)cc1. The molecule has 0 bridgehead atoms. The van der Waals surface area contributed by atoms with E-state index in [4.69, 9.17) is 9.47 Å². The van der Waals surface area contributed by atoms with Gasteiger partial charge in [0.2, 0.25) is 0 Å². The average Bonchev–Trinajstić information content (AvgIpc) is 2.80. The van der Waals surface area contributed by atoms with Crippen LogP contribution in [0.2, 0.25) is 0 Å². The second-order valence-electron chi connectivity index (χ2n) is 7.99. The maximum atomic E-state index is 12.1. The Labute approximate surface area is 187 Å². The first kappa shape index (κ1) is 24.6. The molecular weight excluding hydrogens is 388 g/mol. The number of carbonyl (C=O) groups is 2. The monoisotopic (exact) mass is 424 g/mol. The second-order valence-corrected chi connectivity index (χ2v) is 7.99. The van der Waals surface area contributed by atoms with Crippen LogP contribution in [0.3, 0.4) is 0 Å². The minimum absolute atomic E-state index is 0.223. The summed E-state index contributed by atoms with van der Waals surface area (Å²) in [6.07, 6.45) is 12.8. The minimum atomic E-state index is -0.396. The summed E-state index contributed by atoms with van der Waals surface area (Å²) in [5, 5.41) is 0. The summed E-state index contributed by atoms with van der Waals surface area (Å²) in [6, 6.07) is 16.1. The molecular formula is C27H36O4. The summed E-state index contributed by atoms with van der Waals surface area (Å²) in [7, 11) is 0. The number of esters is 2. The lowest BCUT2D eigenvalue weighted by atomic mass is 10.1. The smallest absolute Gasteiger partial charge is 0.338 e. The molecule has 0 aliphatic carbocycles. The normalized spacial score (nSPS) is 10.6. The molecule has 0 N–H and O–H groups in total. The highest BCUT2D eigenvalue weighted by molar-refractivity contribution is 5.89. The zero-order valence-corrected chi connectivity index (χ0v) is 18.8. The highest BCUT2D eigenvalue weighted by atomic mass is 16.5. The molecule has 2 rings (SSSR count). The van der Waals surface area contributed by atoms with Gasteiger partial charge in [0, 0.05) is 6.42 Å². The van der Waals surface area contributed by atoms with Gasteiger partial charge >= 0.3 is 11.9 Å². The van der Waals surface area contributed by atoms with Gasteiger partial charge in [-0.15, -0.1) is 0 Å². The lowest BCUT2D eigenvalue weighted by Gasteiger charge is -2.07. The van der Waals surface area contributed by atoms with Crippen LogP contribution in [0.4, 0.5) is 0 Å². The zero-order valence-electron chi connectivity index (χ0n) is 18.8. The van der Waals surface area contributed by atoms with Crippen LogP contribution in [-0.4, -0.2) is 11.9 Å². The maximum Gasteiger partial charge on any atom is 0.338 e. The van der Waals surface area contributed by atoms with Gasteiger partial charge in [-0.3, -0.25) is 4.79 Å². The van der Waals surface area contributed by atoms with E-state index in [1.54, 1.807) is 24.3 Å². The molecule has 168 valence electrons. The largest absolute Gasteiger partial charge is 0.457 e. The quantitative estimate of drug-likeness (QED) is 0.171.